The Hall–Kier alpha value is -2.08. The number of carbonyl (C=O) groups is 3. The molecule has 0 aliphatic carbocycles. The fourth-order valence-electron chi connectivity index (χ4n) is 6.07. The van der Waals surface area contributed by atoms with E-state index in [2.05, 4.69) is 42.7 Å². The average molecular weight is 802 g/mol. The molecule has 1 saturated heterocycles. The summed E-state index contributed by atoms with van der Waals surface area (Å²) >= 11 is 0. The number of hydrogen-bond acceptors (Lipinski definition) is 10. The molecule has 1 rings (SSSR count). The van der Waals surface area contributed by atoms with Crippen LogP contribution in [0.15, 0.2) is 24.3 Å². The predicted molar refractivity (Wildman–Crippen MR) is 217 cm³/mol. The van der Waals surface area contributed by atoms with Gasteiger partial charge in [0.1, 0.15) is 12.6 Å². The lowest BCUT2D eigenvalue weighted by Gasteiger charge is -2.20. The van der Waals surface area contributed by atoms with E-state index in [0.717, 1.165) is 83.5 Å². The van der Waals surface area contributed by atoms with Crippen molar-refractivity contribution < 1.29 is 52.2 Å². The normalized spacial score (nSPS) is 17.7. The monoisotopic (exact) mass is 802 g/mol. The molecule has 0 aromatic heterocycles. The maximum absolute atomic E-state index is 12.6. The topological polar surface area (TPSA) is 184 Å². The number of ether oxygens (including phenoxy) is 3. The molecular weight excluding hydrogens is 725 g/mol. The third kappa shape index (κ3) is 31.7. The van der Waals surface area contributed by atoms with Crippen molar-refractivity contribution in [2.24, 2.45) is 5.73 Å². The van der Waals surface area contributed by atoms with Crippen molar-refractivity contribution in [1.29, 1.82) is 0 Å². The number of hydrogen-bond donors (Lipinski definition) is 3. The summed E-state index contributed by atoms with van der Waals surface area (Å²) in [6.07, 6.45) is 35.4. The Morgan fingerprint density at radius 1 is 0.655 bits per heavy atom. The number of carboxylic acids is 1. The minimum atomic E-state index is -4.72. The van der Waals surface area contributed by atoms with E-state index in [-0.39, 0.29) is 19.4 Å². The van der Waals surface area contributed by atoms with Crippen LogP contribution in [0.2, 0.25) is 0 Å². The van der Waals surface area contributed by atoms with E-state index in [9.17, 15) is 23.8 Å². The average Bonchev–Trinajstić information content (AvgIpc) is 3.91. The van der Waals surface area contributed by atoms with Gasteiger partial charge in [0.15, 0.2) is 6.10 Å². The molecule has 320 valence electrons. The molecule has 0 aromatic carbocycles. The molecule has 0 radical (unpaired) electrons. The van der Waals surface area contributed by atoms with Crippen molar-refractivity contribution in [3.63, 3.8) is 0 Å². The summed E-state index contributed by atoms with van der Waals surface area (Å²) in [6, 6.07) is -1.53. The van der Waals surface area contributed by atoms with E-state index < -0.39 is 51.1 Å². The molecule has 0 bridgehead atoms. The Morgan fingerprint density at radius 2 is 1.15 bits per heavy atom. The van der Waals surface area contributed by atoms with Gasteiger partial charge in [0.25, 0.3) is 0 Å². The summed E-state index contributed by atoms with van der Waals surface area (Å²) in [4.78, 5) is 46.0. The first-order valence-corrected chi connectivity index (χ1v) is 23.0. The first-order chi connectivity index (χ1) is 26.6. The van der Waals surface area contributed by atoms with Gasteiger partial charge >= 0.3 is 25.7 Å². The fraction of sp³-hybridized carbons (Fsp3) is 0.833. The largest absolute Gasteiger partial charge is 0.480 e. The molecule has 1 fully saturated rings. The van der Waals surface area contributed by atoms with Crippen molar-refractivity contribution in [2.75, 3.05) is 19.8 Å². The minimum Gasteiger partial charge on any atom is -0.480 e. The Bertz CT molecular complexity index is 1100. The van der Waals surface area contributed by atoms with E-state index >= 15 is 0 Å². The van der Waals surface area contributed by atoms with Crippen LogP contribution in [-0.4, -0.2) is 72.1 Å². The van der Waals surface area contributed by atoms with Crippen molar-refractivity contribution in [3.05, 3.63) is 24.3 Å². The van der Waals surface area contributed by atoms with E-state index in [4.69, 9.17) is 29.6 Å². The second kappa shape index (κ2) is 34.0. The zero-order valence-electron chi connectivity index (χ0n) is 34.2. The van der Waals surface area contributed by atoms with Crippen LogP contribution < -0.4 is 5.73 Å². The number of aliphatic carboxylic acids is 1. The van der Waals surface area contributed by atoms with Gasteiger partial charge in [0, 0.05) is 12.8 Å². The summed E-state index contributed by atoms with van der Waals surface area (Å²) < 4.78 is 38.5. The number of unbranched alkanes of at least 4 members (excludes halogenated alkanes) is 18. The molecule has 12 nitrogen and oxygen atoms in total. The zero-order chi connectivity index (χ0) is 40.4. The molecule has 0 saturated carbocycles. The van der Waals surface area contributed by atoms with Gasteiger partial charge in [-0.3, -0.25) is 23.4 Å². The Labute approximate surface area is 332 Å². The molecule has 0 amide bonds. The fourth-order valence-corrected chi connectivity index (χ4v) is 6.84. The molecule has 1 aliphatic heterocycles. The van der Waals surface area contributed by atoms with E-state index in [1.807, 2.05) is 0 Å². The highest BCUT2D eigenvalue weighted by atomic mass is 31.2. The number of phosphoric acid groups is 1. The summed E-state index contributed by atoms with van der Waals surface area (Å²) in [6.45, 7) is 2.73. The number of carboxylic acid groups (broad SMARTS) is 1. The number of carbonyl (C=O) groups excluding carboxylic acids is 2. The lowest BCUT2D eigenvalue weighted by molar-refractivity contribution is -0.161. The van der Waals surface area contributed by atoms with Crippen LogP contribution in [0, 0.1) is 0 Å². The highest BCUT2D eigenvalue weighted by Gasteiger charge is 2.36. The second-order valence-electron chi connectivity index (χ2n) is 14.9. The van der Waals surface area contributed by atoms with Crippen molar-refractivity contribution >= 4 is 25.7 Å². The van der Waals surface area contributed by atoms with Crippen molar-refractivity contribution in [3.8, 4) is 0 Å². The Balaban J connectivity index is 2.30. The molecule has 0 aromatic rings. The summed E-state index contributed by atoms with van der Waals surface area (Å²) in [5.41, 5.74) is 5.33. The Morgan fingerprint density at radius 3 is 1.76 bits per heavy atom. The van der Waals surface area contributed by atoms with Gasteiger partial charge in [-0.1, -0.05) is 128 Å². The number of nitrogens with two attached hydrogens (primary N) is 1. The van der Waals surface area contributed by atoms with E-state index in [1.54, 1.807) is 0 Å². The molecule has 5 atom stereocenters. The van der Waals surface area contributed by atoms with Gasteiger partial charge in [-0.2, -0.15) is 0 Å². The molecule has 0 spiro atoms. The Kier molecular flexibility index (Phi) is 31.5. The van der Waals surface area contributed by atoms with Crippen LogP contribution in [0.1, 0.15) is 181 Å². The quantitative estimate of drug-likeness (QED) is 0.0176. The molecular formula is C42H76NO11P. The molecule has 13 heteroatoms. The maximum Gasteiger partial charge on any atom is 0.472 e. The molecule has 1 aliphatic rings. The summed E-state index contributed by atoms with van der Waals surface area (Å²) in [5.74, 6) is -2.41. The molecule has 1 heterocycles. The molecule has 3 unspecified atom stereocenters. The lowest BCUT2D eigenvalue weighted by Crippen LogP contribution is -2.34. The number of rotatable bonds is 39. The van der Waals surface area contributed by atoms with Gasteiger partial charge in [-0.05, 0) is 64.2 Å². The number of esters is 2. The van der Waals surface area contributed by atoms with E-state index in [0.29, 0.717) is 25.0 Å². The second-order valence-corrected chi connectivity index (χ2v) is 16.3. The SMILES string of the molecule is CCCCC/C=C\CC1OC1CCCCCCCC(=O)O[C@H](COC(=O)CCCCCCC/C=C\CCCCCCCC)COP(=O)(O)OC[C@H](N)C(=O)O. The van der Waals surface area contributed by atoms with Crippen LogP contribution in [0.4, 0.5) is 0 Å². The van der Waals surface area contributed by atoms with Crippen LogP contribution in [0.25, 0.3) is 0 Å². The highest BCUT2D eigenvalue weighted by Crippen LogP contribution is 2.43. The highest BCUT2D eigenvalue weighted by molar-refractivity contribution is 7.47. The number of epoxide rings is 1. The predicted octanol–water partition coefficient (Wildman–Crippen LogP) is 10.0. The standard InChI is InChI=1S/C42H76NO11P/c1-3-5-7-9-11-12-13-14-15-16-17-18-19-23-27-31-40(44)50-33-36(34-51-55(48,49)52-35-37(43)42(46)47)53-41(45)32-28-24-20-22-26-30-39-38(54-39)29-25-21-10-8-6-4-2/h14-15,21,25,36-39H,3-13,16-20,22-24,26-35,43H2,1-2H3,(H,46,47)(H,48,49)/b15-14-,25-21-/t36-,37+,38?,39?/m1/s1. The van der Waals surface area contributed by atoms with Crippen LogP contribution in [0.3, 0.4) is 0 Å². The van der Waals surface area contributed by atoms with E-state index in [1.165, 1.54) is 57.8 Å². The van der Waals surface area contributed by atoms with Crippen molar-refractivity contribution in [1.82, 2.24) is 0 Å². The zero-order valence-corrected chi connectivity index (χ0v) is 35.1. The number of allylic oxidation sites excluding steroid dienone is 3. The maximum atomic E-state index is 12.6. The third-order valence-electron chi connectivity index (χ3n) is 9.60. The van der Waals surface area contributed by atoms with Gasteiger partial charge in [-0.25, -0.2) is 4.57 Å². The first-order valence-electron chi connectivity index (χ1n) is 21.5. The van der Waals surface area contributed by atoms with Crippen LogP contribution in [0.5, 0.6) is 0 Å². The van der Waals surface area contributed by atoms with Crippen LogP contribution in [-0.2, 0) is 42.2 Å². The number of phosphoric ester groups is 1. The third-order valence-corrected chi connectivity index (χ3v) is 10.5. The summed E-state index contributed by atoms with van der Waals surface area (Å²) in [5, 5.41) is 8.89. The molecule has 4 N–H and O–H groups in total. The van der Waals surface area contributed by atoms with Crippen molar-refractivity contribution in [2.45, 2.75) is 205 Å². The van der Waals surface area contributed by atoms with Crippen LogP contribution >= 0.6 is 7.82 Å². The van der Waals surface area contributed by atoms with Gasteiger partial charge < -0.3 is 29.9 Å². The first kappa shape index (κ1) is 50.9. The minimum absolute atomic E-state index is 0.137. The summed E-state index contributed by atoms with van der Waals surface area (Å²) in [7, 11) is -4.72. The lowest BCUT2D eigenvalue weighted by atomic mass is 10.1. The van der Waals surface area contributed by atoms with Gasteiger partial charge in [-0.15, -0.1) is 0 Å². The van der Waals surface area contributed by atoms with Gasteiger partial charge in [0.2, 0.25) is 0 Å². The van der Waals surface area contributed by atoms with Gasteiger partial charge in [0.05, 0.1) is 25.4 Å². The molecule has 55 heavy (non-hydrogen) atoms. The smallest absolute Gasteiger partial charge is 0.472 e.